The molecule has 6 atom stereocenters. The highest BCUT2D eigenvalue weighted by Gasteiger charge is 2.70. The van der Waals surface area contributed by atoms with Crippen molar-refractivity contribution in [1.29, 1.82) is 0 Å². The minimum atomic E-state index is -1.39. The van der Waals surface area contributed by atoms with Crippen LogP contribution in [0.1, 0.15) is 35.8 Å². The zero-order chi connectivity index (χ0) is 27.8. The Kier molecular flexibility index (Phi) is 5.63. The molecular formula is C31H25ClN2O6. The zero-order valence-corrected chi connectivity index (χ0v) is 22.0. The SMILES string of the molecule is O=C1NC(=O)[C@H]2CC=C3[C@@H](C[C@H]4C(=O)N(c5cccc(Cl)c5)C(=O)[C@@]4(c4ccccc4)[C@H]3c3ccc(CO)o3)[C@@H]12. The van der Waals surface area contributed by atoms with E-state index in [1.165, 1.54) is 4.90 Å². The van der Waals surface area contributed by atoms with Gasteiger partial charge in [-0.05, 0) is 54.7 Å². The fourth-order valence-electron chi connectivity index (χ4n) is 7.60. The molecule has 0 unspecified atom stereocenters. The number of hydrogen-bond donors (Lipinski definition) is 2. The Morgan fingerprint density at radius 2 is 1.77 bits per heavy atom. The number of anilines is 1. The Morgan fingerprint density at radius 1 is 0.975 bits per heavy atom. The first-order valence-corrected chi connectivity index (χ1v) is 13.7. The molecule has 202 valence electrons. The van der Waals surface area contributed by atoms with E-state index < -0.39 is 40.9 Å². The van der Waals surface area contributed by atoms with Crippen LogP contribution in [0.15, 0.2) is 82.8 Å². The summed E-state index contributed by atoms with van der Waals surface area (Å²) in [5, 5.41) is 12.7. The van der Waals surface area contributed by atoms with Crippen LogP contribution in [0.3, 0.4) is 0 Å². The molecule has 0 bridgehead atoms. The van der Waals surface area contributed by atoms with Gasteiger partial charge in [-0.15, -0.1) is 0 Å². The Hall–Kier alpha value is -4.01. The normalized spacial score (nSPS) is 31.0. The number of nitrogens with zero attached hydrogens (tertiary/aromatic N) is 1. The van der Waals surface area contributed by atoms with Gasteiger partial charge in [-0.3, -0.25) is 24.5 Å². The molecule has 7 rings (SSSR count). The average Bonchev–Trinajstić information content (AvgIpc) is 3.61. The van der Waals surface area contributed by atoms with Crippen molar-refractivity contribution in [2.24, 2.45) is 23.7 Å². The van der Waals surface area contributed by atoms with Gasteiger partial charge in [0.25, 0.3) is 0 Å². The number of amides is 4. The monoisotopic (exact) mass is 556 g/mol. The van der Waals surface area contributed by atoms with Gasteiger partial charge in [0.05, 0.1) is 29.4 Å². The number of carbonyl (C=O) groups is 4. The van der Waals surface area contributed by atoms with E-state index in [1.807, 2.05) is 36.4 Å². The molecule has 1 aromatic heterocycles. The molecule has 1 saturated carbocycles. The maximum atomic E-state index is 14.9. The average molecular weight is 557 g/mol. The molecule has 3 aromatic rings. The minimum Gasteiger partial charge on any atom is -0.463 e. The molecule has 2 saturated heterocycles. The Morgan fingerprint density at radius 3 is 2.50 bits per heavy atom. The molecule has 4 amide bonds. The van der Waals surface area contributed by atoms with E-state index in [0.717, 1.165) is 5.57 Å². The number of nitrogens with one attached hydrogen (secondary N) is 1. The highest BCUT2D eigenvalue weighted by atomic mass is 35.5. The van der Waals surface area contributed by atoms with E-state index in [9.17, 15) is 24.3 Å². The highest BCUT2D eigenvalue weighted by molar-refractivity contribution is 6.32. The van der Waals surface area contributed by atoms with Crippen molar-refractivity contribution in [1.82, 2.24) is 5.32 Å². The highest BCUT2D eigenvalue weighted by Crippen LogP contribution is 2.64. The number of furan rings is 1. The van der Waals surface area contributed by atoms with Crippen LogP contribution in [-0.4, -0.2) is 28.7 Å². The first kappa shape index (κ1) is 25.0. The number of hydrogen-bond acceptors (Lipinski definition) is 6. The van der Waals surface area contributed by atoms with Gasteiger partial charge in [0.1, 0.15) is 23.5 Å². The van der Waals surface area contributed by atoms with Crippen LogP contribution in [0.25, 0.3) is 0 Å². The van der Waals surface area contributed by atoms with Gasteiger partial charge in [-0.1, -0.05) is 59.6 Å². The van der Waals surface area contributed by atoms with Crippen LogP contribution in [-0.2, 0) is 31.2 Å². The van der Waals surface area contributed by atoms with Crippen LogP contribution in [0.4, 0.5) is 5.69 Å². The molecule has 9 heteroatoms. The van der Waals surface area contributed by atoms with E-state index >= 15 is 0 Å². The predicted molar refractivity (Wildman–Crippen MR) is 144 cm³/mol. The first-order valence-electron chi connectivity index (χ1n) is 13.3. The van der Waals surface area contributed by atoms with Gasteiger partial charge < -0.3 is 9.52 Å². The fraction of sp³-hybridized carbons (Fsp3) is 0.290. The third-order valence-electron chi connectivity index (χ3n) is 9.13. The number of carbonyl (C=O) groups excluding carboxylic acids is 4. The maximum absolute atomic E-state index is 14.9. The van der Waals surface area contributed by atoms with E-state index in [-0.39, 0.29) is 30.7 Å². The van der Waals surface area contributed by atoms with Gasteiger partial charge in [-0.25, -0.2) is 4.90 Å². The van der Waals surface area contributed by atoms with Crippen LogP contribution in [0.5, 0.6) is 0 Å². The Bertz CT molecular complexity index is 1610. The third kappa shape index (κ3) is 3.29. The lowest BCUT2D eigenvalue weighted by Crippen LogP contribution is -2.53. The smallest absolute Gasteiger partial charge is 0.246 e. The number of aliphatic hydroxyl groups excluding tert-OH is 1. The molecule has 3 heterocycles. The number of benzene rings is 2. The molecule has 0 spiro atoms. The summed E-state index contributed by atoms with van der Waals surface area (Å²) in [6, 6.07) is 19.2. The van der Waals surface area contributed by atoms with Crippen LogP contribution < -0.4 is 10.2 Å². The first-order chi connectivity index (χ1) is 19.4. The molecule has 3 fully saturated rings. The number of rotatable bonds is 4. The van der Waals surface area contributed by atoms with Gasteiger partial charge in [0.15, 0.2) is 0 Å². The molecule has 0 radical (unpaired) electrons. The van der Waals surface area contributed by atoms with Crippen molar-refractivity contribution in [2.75, 3.05) is 4.90 Å². The number of aliphatic hydroxyl groups is 1. The molecule has 4 aliphatic rings. The lowest BCUT2D eigenvalue weighted by Gasteiger charge is -2.49. The predicted octanol–water partition coefficient (Wildman–Crippen LogP) is 3.88. The quantitative estimate of drug-likeness (QED) is 0.372. The lowest BCUT2D eigenvalue weighted by atomic mass is 9.50. The molecule has 2 N–H and O–H groups in total. The molecule has 2 aliphatic heterocycles. The van der Waals surface area contributed by atoms with E-state index in [1.54, 1.807) is 36.4 Å². The standard InChI is InChI=1S/C31H25ClN2O6/c32-17-7-4-8-18(13-17)34-29(38)23-14-22-20(10-11-21-25(22)28(37)33-27(21)36)26(24-12-9-19(15-35)40-24)31(23,30(34)39)16-5-2-1-3-6-16/h1-10,12-13,21-23,25-26,35H,11,14-15H2,(H,33,36,37)/t21-,22+,23-,25-,26+,31+/m0/s1. The summed E-state index contributed by atoms with van der Waals surface area (Å²) in [6.07, 6.45) is 2.51. The molecule has 2 aliphatic carbocycles. The number of halogens is 1. The van der Waals surface area contributed by atoms with E-state index in [2.05, 4.69) is 5.32 Å². The molecular weight excluding hydrogens is 532 g/mol. The van der Waals surface area contributed by atoms with Gasteiger partial charge in [0, 0.05) is 5.02 Å². The summed E-state index contributed by atoms with van der Waals surface area (Å²) in [7, 11) is 0. The van der Waals surface area contributed by atoms with Crippen molar-refractivity contribution in [3.8, 4) is 0 Å². The van der Waals surface area contributed by atoms with Crippen molar-refractivity contribution in [3.63, 3.8) is 0 Å². The van der Waals surface area contributed by atoms with Crippen molar-refractivity contribution < 1.29 is 28.7 Å². The third-order valence-corrected chi connectivity index (χ3v) is 9.37. The van der Waals surface area contributed by atoms with Gasteiger partial charge in [-0.2, -0.15) is 0 Å². The van der Waals surface area contributed by atoms with Gasteiger partial charge in [0.2, 0.25) is 23.6 Å². The van der Waals surface area contributed by atoms with Crippen molar-refractivity contribution in [3.05, 3.63) is 100 Å². The van der Waals surface area contributed by atoms with Crippen LogP contribution >= 0.6 is 11.6 Å². The van der Waals surface area contributed by atoms with Gasteiger partial charge >= 0.3 is 0 Å². The largest absolute Gasteiger partial charge is 0.463 e. The molecule has 8 nitrogen and oxygen atoms in total. The van der Waals surface area contributed by atoms with Crippen LogP contribution in [0.2, 0.25) is 5.02 Å². The second kappa shape index (κ2) is 9.01. The molecule has 2 aromatic carbocycles. The maximum Gasteiger partial charge on any atom is 0.246 e. The Labute approximate surface area is 234 Å². The van der Waals surface area contributed by atoms with Crippen molar-refractivity contribution >= 4 is 40.9 Å². The molecule has 40 heavy (non-hydrogen) atoms. The zero-order valence-electron chi connectivity index (χ0n) is 21.2. The fourth-order valence-corrected chi connectivity index (χ4v) is 7.78. The summed E-state index contributed by atoms with van der Waals surface area (Å²) in [5.74, 6) is -3.91. The second-order valence-electron chi connectivity index (χ2n) is 10.9. The summed E-state index contributed by atoms with van der Waals surface area (Å²) in [4.78, 5) is 56.2. The second-order valence-corrected chi connectivity index (χ2v) is 11.3. The summed E-state index contributed by atoms with van der Waals surface area (Å²) < 4.78 is 6.12. The number of fused-ring (bicyclic) bond motifs is 4. The van der Waals surface area contributed by atoms with Crippen LogP contribution in [0, 0.1) is 23.7 Å². The topological polar surface area (TPSA) is 117 Å². The van der Waals surface area contributed by atoms with E-state index in [0.29, 0.717) is 34.2 Å². The minimum absolute atomic E-state index is 0.217. The summed E-state index contributed by atoms with van der Waals surface area (Å²) in [6.45, 7) is -0.333. The number of allylic oxidation sites excluding steroid dienone is 2. The lowest BCUT2D eigenvalue weighted by molar-refractivity contribution is -0.128. The van der Waals surface area contributed by atoms with E-state index in [4.69, 9.17) is 16.0 Å². The van der Waals surface area contributed by atoms with Crippen molar-refractivity contribution in [2.45, 2.75) is 30.8 Å². The number of imide groups is 2. The summed E-state index contributed by atoms with van der Waals surface area (Å²) in [5.41, 5.74) is 0.437. The Balaban J connectivity index is 1.51. The summed E-state index contributed by atoms with van der Waals surface area (Å²) >= 11 is 6.28.